The molecule has 2 aliphatic rings. The number of amides is 1. The SMILES string of the molecule is O=C(NCc1ccc2cc(CNCC34CC3(F)C4)[nH]c2c1)c1cc(=O)n2ccccc2n1. The number of rotatable bonds is 7. The van der Waals surface area contributed by atoms with Gasteiger partial charge in [0, 0.05) is 48.5 Å². The Labute approximate surface area is 182 Å². The number of nitrogens with one attached hydrogen (secondary N) is 3. The van der Waals surface area contributed by atoms with Crippen molar-refractivity contribution in [2.24, 2.45) is 5.41 Å². The van der Waals surface area contributed by atoms with Crippen molar-refractivity contribution < 1.29 is 9.18 Å². The molecule has 4 aromatic rings. The van der Waals surface area contributed by atoms with E-state index in [1.165, 1.54) is 10.5 Å². The van der Waals surface area contributed by atoms with E-state index in [1.54, 1.807) is 24.4 Å². The Hall–Kier alpha value is -3.52. The van der Waals surface area contributed by atoms with Gasteiger partial charge < -0.3 is 15.6 Å². The molecule has 6 rings (SSSR count). The van der Waals surface area contributed by atoms with Crippen molar-refractivity contribution >= 4 is 22.5 Å². The van der Waals surface area contributed by atoms with Gasteiger partial charge >= 0.3 is 0 Å². The van der Waals surface area contributed by atoms with Gasteiger partial charge in [0.1, 0.15) is 17.0 Å². The number of fused-ring (bicyclic) bond motifs is 3. The smallest absolute Gasteiger partial charge is 0.270 e. The lowest BCUT2D eigenvalue weighted by Gasteiger charge is -2.06. The number of benzene rings is 1. The molecular weight excluding hydrogens is 409 g/mol. The van der Waals surface area contributed by atoms with Gasteiger partial charge in [-0.25, -0.2) is 9.37 Å². The maximum atomic E-state index is 13.7. The molecule has 0 unspecified atom stereocenters. The molecule has 1 aromatic carbocycles. The third-order valence-electron chi connectivity index (χ3n) is 6.72. The first-order valence-corrected chi connectivity index (χ1v) is 10.7. The van der Waals surface area contributed by atoms with Gasteiger partial charge in [0.05, 0.1) is 0 Å². The van der Waals surface area contributed by atoms with E-state index < -0.39 is 11.6 Å². The molecule has 1 amide bonds. The van der Waals surface area contributed by atoms with Crippen LogP contribution in [0, 0.1) is 5.41 Å². The second-order valence-corrected chi connectivity index (χ2v) is 9.01. The van der Waals surface area contributed by atoms with Crippen molar-refractivity contribution in [3.05, 3.63) is 82.0 Å². The Morgan fingerprint density at radius 2 is 2.00 bits per heavy atom. The van der Waals surface area contributed by atoms with E-state index in [-0.39, 0.29) is 16.7 Å². The van der Waals surface area contributed by atoms with Gasteiger partial charge in [-0.05, 0) is 48.1 Å². The van der Waals surface area contributed by atoms with Gasteiger partial charge in [-0.1, -0.05) is 18.2 Å². The van der Waals surface area contributed by atoms with E-state index in [0.717, 1.165) is 28.7 Å². The van der Waals surface area contributed by atoms with Crippen LogP contribution in [-0.4, -0.2) is 32.5 Å². The van der Waals surface area contributed by atoms with Crippen LogP contribution in [-0.2, 0) is 13.1 Å². The topological polar surface area (TPSA) is 91.3 Å². The number of carbonyl (C=O) groups excluding carboxylic acids is 1. The minimum atomic E-state index is -0.865. The van der Waals surface area contributed by atoms with Gasteiger partial charge in [0.25, 0.3) is 11.5 Å². The monoisotopic (exact) mass is 431 g/mol. The molecule has 0 aliphatic heterocycles. The van der Waals surface area contributed by atoms with Crippen LogP contribution in [0.2, 0.25) is 0 Å². The fourth-order valence-electron chi connectivity index (χ4n) is 4.53. The lowest BCUT2D eigenvalue weighted by Crippen LogP contribution is -2.26. The summed E-state index contributed by atoms with van der Waals surface area (Å²) >= 11 is 0. The van der Waals surface area contributed by atoms with Crippen LogP contribution < -0.4 is 16.2 Å². The fraction of sp³-hybridized carbons (Fsp3) is 0.292. The number of aromatic amines is 1. The van der Waals surface area contributed by atoms with E-state index in [9.17, 15) is 14.0 Å². The maximum absolute atomic E-state index is 13.7. The van der Waals surface area contributed by atoms with Crippen molar-refractivity contribution in [2.45, 2.75) is 31.6 Å². The van der Waals surface area contributed by atoms with Crippen LogP contribution >= 0.6 is 0 Å². The van der Waals surface area contributed by atoms with E-state index in [2.05, 4.69) is 26.7 Å². The summed E-state index contributed by atoms with van der Waals surface area (Å²) in [5.41, 5.74) is 2.25. The highest BCUT2D eigenvalue weighted by Crippen LogP contribution is 2.80. The lowest BCUT2D eigenvalue weighted by atomic mass is 10.1. The Morgan fingerprint density at radius 1 is 1.16 bits per heavy atom. The van der Waals surface area contributed by atoms with Crippen LogP contribution in [0.5, 0.6) is 0 Å². The quantitative estimate of drug-likeness (QED) is 0.420. The first kappa shape index (κ1) is 19.2. The molecule has 3 N–H and O–H groups in total. The summed E-state index contributed by atoms with van der Waals surface area (Å²) in [5.74, 6) is -0.395. The van der Waals surface area contributed by atoms with Gasteiger partial charge in [0.2, 0.25) is 0 Å². The molecular formula is C24H22FN5O2. The van der Waals surface area contributed by atoms with E-state index >= 15 is 0 Å². The standard InChI is InChI=1S/C24H22FN5O2/c25-24-12-23(24,13-24)14-26-11-17-8-16-5-4-15(7-18(16)28-17)10-27-22(32)19-9-21(31)30-6-2-1-3-20(30)29-19/h1-9,26,28H,10-14H2,(H,27,32). The molecule has 2 saturated carbocycles. The number of alkyl halides is 1. The summed E-state index contributed by atoms with van der Waals surface area (Å²) in [6.07, 6.45) is 3.03. The molecule has 32 heavy (non-hydrogen) atoms. The molecule has 162 valence electrons. The zero-order valence-electron chi connectivity index (χ0n) is 17.3. The van der Waals surface area contributed by atoms with Crippen molar-refractivity contribution in [3.63, 3.8) is 0 Å². The van der Waals surface area contributed by atoms with Crippen LogP contribution in [0.15, 0.2) is 59.5 Å². The summed E-state index contributed by atoms with van der Waals surface area (Å²) in [4.78, 5) is 32.4. The molecule has 0 atom stereocenters. The number of pyridine rings is 1. The number of halogens is 1. The number of aromatic nitrogens is 3. The summed E-state index contributed by atoms with van der Waals surface area (Å²) in [6, 6.07) is 14.5. The van der Waals surface area contributed by atoms with Crippen LogP contribution in [0.3, 0.4) is 0 Å². The molecule has 3 heterocycles. The molecule has 2 aliphatic carbocycles. The second kappa shape index (κ2) is 6.74. The first-order chi connectivity index (χ1) is 15.4. The third kappa shape index (κ3) is 3.18. The highest BCUT2D eigenvalue weighted by Gasteiger charge is 2.84. The molecule has 2 fully saturated rings. The minimum Gasteiger partial charge on any atom is -0.357 e. The fourth-order valence-corrected chi connectivity index (χ4v) is 4.53. The first-order valence-electron chi connectivity index (χ1n) is 10.7. The van der Waals surface area contributed by atoms with Crippen LogP contribution in [0.4, 0.5) is 4.39 Å². The number of hydrogen-bond donors (Lipinski definition) is 3. The molecule has 0 saturated heterocycles. The summed E-state index contributed by atoms with van der Waals surface area (Å²) in [7, 11) is 0. The second-order valence-electron chi connectivity index (χ2n) is 9.01. The normalized spacial score (nSPS) is 23.3. The van der Waals surface area contributed by atoms with Crippen molar-refractivity contribution in [2.75, 3.05) is 6.54 Å². The average Bonchev–Trinajstić information content (AvgIpc) is 3.45. The van der Waals surface area contributed by atoms with E-state index in [1.807, 2.05) is 18.2 Å². The number of carbonyl (C=O) groups is 1. The Bertz CT molecular complexity index is 1430. The predicted molar refractivity (Wildman–Crippen MR) is 118 cm³/mol. The molecule has 0 bridgehead atoms. The summed E-state index contributed by atoms with van der Waals surface area (Å²) in [5, 5.41) is 7.27. The van der Waals surface area contributed by atoms with Crippen molar-refractivity contribution in [1.29, 1.82) is 0 Å². The molecule has 7 nitrogen and oxygen atoms in total. The number of nitrogens with zero attached hydrogens (tertiary/aromatic N) is 2. The highest BCUT2D eigenvalue weighted by molar-refractivity contribution is 5.92. The Balaban J connectivity index is 1.11. The lowest BCUT2D eigenvalue weighted by molar-refractivity contribution is 0.0946. The predicted octanol–water partition coefficient (Wildman–Crippen LogP) is 2.70. The van der Waals surface area contributed by atoms with Gasteiger partial charge in [-0.15, -0.1) is 0 Å². The van der Waals surface area contributed by atoms with E-state index in [4.69, 9.17) is 0 Å². The number of H-pyrrole nitrogens is 1. The molecule has 0 radical (unpaired) electrons. The minimum absolute atomic E-state index is 0.0736. The molecule has 8 heteroatoms. The highest BCUT2D eigenvalue weighted by atomic mass is 19.1. The van der Waals surface area contributed by atoms with E-state index in [0.29, 0.717) is 31.6 Å². The number of hydrogen-bond acceptors (Lipinski definition) is 4. The van der Waals surface area contributed by atoms with Crippen LogP contribution in [0.1, 0.15) is 34.6 Å². The third-order valence-corrected chi connectivity index (χ3v) is 6.72. The van der Waals surface area contributed by atoms with Gasteiger partial charge in [-0.3, -0.25) is 14.0 Å². The van der Waals surface area contributed by atoms with Crippen molar-refractivity contribution in [1.82, 2.24) is 25.0 Å². The van der Waals surface area contributed by atoms with Gasteiger partial charge in [-0.2, -0.15) is 0 Å². The Morgan fingerprint density at radius 3 is 2.81 bits per heavy atom. The Kier molecular flexibility index (Phi) is 4.04. The zero-order chi connectivity index (χ0) is 21.9. The maximum Gasteiger partial charge on any atom is 0.270 e. The molecule has 3 aromatic heterocycles. The zero-order valence-corrected chi connectivity index (χ0v) is 17.3. The summed E-state index contributed by atoms with van der Waals surface area (Å²) < 4.78 is 15.1. The van der Waals surface area contributed by atoms with Crippen molar-refractivity contribution in [3.8, 4) is 0 Å². The van der Waals surface area contributed by atoms with Gasteiger partial charge in [0.15, 0.2) is 0 Å². The summed E-state index contributed by atoms with van der Waals surface area (Å²) in [6.45, 7) is 1.71. The largest absolute Gasteiger partial charge is 0.357 e. The van der Waals surface area contributed by atoms with Crippen LogP contribution in [0.25, 0.3) is 16.6 Å². The average molecular weight is 431 g/mol. The molecule has 0 spiro atoms.